The summed E-state index contributed by atoms with van der Waals surface area (Å²) >= 11 is 6.51. The van der Waals surface area contributed by atoms with Gasteiger partial charge in [0.15, 0.2) is 16.9 Å². The number of benzene rings is 4. The van der Waals surface area contributed by atoms with E-state index in [-0.39, 0.29) is 5.56 Å². The smallest absolute Gasteiger partial charge is 0.257 e. The van der Waals surface area contributed by atoms with Crippen LogP contribution in [0, 0.1) is 13.8 Å². The van der Waals surface area contributed by atoms with Crippen LogP contribution in [0.3, 0.4) is 0 Å². The van der Waals surface area contributed by atoms with E-state index in [9.17, 15) is 4.79 Å². The maximum absolute atomic E-state index is 12.7. The molecule has 0 fully saturated rings. The lowest BCUT2D eigenvalue weighted by atomic mass is 10.1. The molecule has 0 atom stereocenters. The molecular formula is C44H31ClN8O. The van der Waals surface area contributed by atoms with Crippen LogP contribution in [-0.4, -0.2) is 39.2 Å². The molecule has 0 unspecified atom stereocenters. The first-order valence-corrected chi connectivity index (χ1v) is 17.8. The molecule has 54 heavy (non-hydrogen) atoms. The number of H-pyrrole nitrogens is 1. The average Bonchev–Trinajstić information content (AvgIpc) is 3.85. The first-order chi connectivity index (χ1) is 26.4. The highest BCUT2D eigenvalue weighted by Gasteiger charge is 2.14. The van der Waals surface area contributed by atoms with Crippen molar-refractivity contribution in [1.82, 2.24) is 39.2 Å². The minimum atomic E-state index is -0.145. The topological polar surface area (TPSA) is 106 Å². The minimum Gasteiger partial charge on any atom is -0.306 e. The molecule has 0 saturated heterocycles. The van der Waals surface area contributed by atoms with Crippen molar-refractivity contribution >= 4 is 45.0 Å². The second-order valence-corrected chi connectivity index (χ2v) is 13.5. The molecule has 0 amide bonds. The summed E-state index contributed by atoms with van der Waals surface area (Å²) < 4.78 is 3.45. The fourth-order valence-corrected chi connectivity index (χ4v) is 6.72. The molecule has 10 heteroatoms. The zero-order valence-corrected chi connectivity index (χ0v) is 30.0. The molecule has 9 nitrogen and oxygen atoms in total. The van der Waals surface area contributed by atoms with Crippen molar-refractivity contribution in [2.75, 3.05) is 0 Å². The molecule has 260 valence electrons. The van der Waals surface area contributed by atoms with Crippen molar-refractivity contribution in [3.63, 3.8) is 0 Å². The van der Waals surface area contributed by atoms with Crippen molar-refractivity contribution in [3.8, 4) is 44.8 Å². The maximum atomic E-state index is 12.7. The molecular weight excluding hydrogens is 692 g/mol. The van der Waals surface area contributed by atoms with Crippen LogP contribution in [0.15, 0.2) is 151 Å². The number of aromatic nitrogens is 8. The van der Waals surface area contributed by atoms with Crippen LogP contribution in [0.2, 0.25) is 5.15 Å². The molecule has 0 spiro atoms. The van der Waals surface area contributed by atoms with Gasteiger partial charge in [0.25, 0.3) is 5.56 Å². The van der Waals surface area contributed by atoms with Gasteiger partial charge in [-0.25, -0.2) is 15.0 Å². The Labute approximate surface area is 314 Å². The SMILES string of the molecule is Cc1ccc(-c2cc3ncc4cc(-c5ccccc5)c(=O)[nH]c4n3n2)cc1.Cc1ccc(-c2cc3ncc4cc(-c5ccccc5)c(Cl)nc4n3n2)cc1. The predicted molar refractivity (Wildman–Crippen MR) is 216 cm³/mol. The number of halogens is 1. The van der Waals surface area contributed by atoms with E-state index < -0.39 is 0 Å². The Morgan fingerprint density at radius 2 is 1.06 bits per heavy atom. The lowest BCUT2D eigenvalue weighted by Gasteiger charge is -2.07. The van der Waals surface area contributed by atoms with Crippen LogP contribution in [0.4, 0.5) is 0 Å². The van der Waals surface area contributed by atoms with E-state index >= 15 is 0 Å². The first kappa shape index (κ1) is 32.9. The standard InChI is InChI=1S/C22H15ClN4.C22H16N4O/c1-14-7-9-16(10-8-14)19-12-20-24-13-17-11-18(15-5-3-2-4-6-15)21(23)25-22(17)27(20)26-19;1-14-7-9-16(10-8-14)19-12-20-23-13-17-11-18(15-5-3-2-4-6-15)22(27)24-21(17)26(20)25-19/h2-13H,1H3;2-13H,1H3,(H,24,27). The molecule has 0 aliphatic rings. The molecule has 1 N–H and O–H groups in total. The van der Waals surface area contributed by atoms with Crippen LogP contribution in [0.25, 0.3) is 78.1 Å². The molecule has 6 heterocycles. The van der Waals surface area contributed by atoms with Crippen molar-refractivity contribution in [3.05, 3.63) is 172 Å². The number of nitrogens with zero attached hydrogens (tertiary/aromatic N) is 7. The van der Waals surface area contributed by atoms with Crippen molar-refractivity contribution in [2.45, 2.75) is 13.8 Å². The first-order valence-electron chi connectivity index (χ1n) is 17.4. The summed E-state index contributed by atoms with van der Waals surface area (Å²) in [6, 6.07) is 43.8. The number of hydrogen-bond acceptors (Lipinski definition) is 6. The van der Waals surface area contributed by atoms with Crippen LogP contribution in [0.1, 0.15) is 11.1 Å². The Kier molecular flexibility index (Phi) is 8.25. The van der Waals surface area contributed by atoms with Gasteiger partial charge in [0.2, 0.25) is 0 Å². The Morgan fingerprint density at radius 1 is 0.556 bits per heavy atom. The van der Waals surface area contributed by atoms with Crippen LogP contribution in [0.5, 0.6) is 0 Å². The maximum Gasteiger partial charge on any atom is 0.257 e. The van der Waals surface area contributed by atoms with Gasteiger partial charge in [0, 0.05) is 57.6 Å². The quantitative estimate of drug-likeness (QED) is 0.181. The Bertz CT molecular complexity index is 3030. The summed E-state index contributed by atoms with van der Waals surface area (Å²) in [7, 11) is 0. The van der Waals surface area contributed by atoms with Gasteiger partial charge in [0.1, 0.15) is 10.8 Å². The van der Waals surface area contributed by atoms with Gasteiger partial charge >= 0.3 is 0 Å². The normalized spacial score (nSPS) is 11.3. The summed E-state index contributed by atoms with van der Waals surface area (Å²) in [6.07, 6.45) is 3.59. The van der Waals surface area contributed by atoms with Gasteiger partial charge in [-0.2, -0.15) is 19.2 Å². The fraction of sp³-hybridized carbons (Fsp3) is 0.0455. The second kappa shape index (κ2) is 13.5. The summed E-state index contributed by atoms with van der Waals surface area (Å²) in [6.45, 7) is 4.12. The minimum absolute atomic E-state index is 0.145. The van der Waals surface area contributed by atoms with Gasteiger partial charge in [-0.3, -0.25) is 4.79 Å². The van der Waals surface area contributed by atoms with Crippen molar-refractivity contribution in [1.29, 1.82) is 0 Å². The lowest BCUT2D eigenvalue weighted by Crippen LogP contribution is -2.11. The number of nitrogens with one attached hydrogen (secondary N) is 1. The third kappa shape index (κ3) is 6.16. The zero-order valence-electron chi connectivity index (χ0n) is 29.3. The molecule has 0 saturated carbocycles. The van der Waals surface area contributed by atoms with Crippen molar-refractivity contribution < 1.29 is 0 Å². The molecule has 10 aromatic rings. The monoisotopic (exact) mass is 722 g/mol. The molecule has 0 radical (unpaired) electrons. The van der Waals surface area contributed by atoms with E-state index in [2.05, 4.69) is 75.3 Å². The number of aryl methyl sites for hydroxylation is 2. The molecule has 6 aromatic heterocycles. The zero-order chi connectivity index (χ0) is 36.8. The molecule has 4 aromatic carbocycles. The number of rotatable bonds is 4. The van der Waals surface area contributed by atoms with Gasteiger partial charge in [0.05, 0.1) is 11.4 Å². The molecule has 0 aliphatic carbocycles. The van der Waals surface area contributed by atoms with E-state index in [4.69, 9.17) is 16.7 Å². The Hall–Kier alpha value is -6.97. The van der Waals surface area contributed by atoms with E-state index in [1.807, 2.05) is 103 Å². The van der Waals surface area contributed by atoms with Gasteiger partial charge in [-0.1, -0.05) is 132 Å². The van der Waals surface area contributed by atoms with E-state index in [1.54, 1.807) is 15.2 Å². The summed E-state index contributed by atoms with van der Waals surface area (Å²) in [5, 5.41) is 11.6. The number of aromatic amines is 1. The number of hydrogen-bond donors (Lipinski definition) is 1. The van der Waals surface area contributed by atoms with E-state index in [0.717, 1.165) is 55.6 Å². The summed E-state index contributed by atoms with van der Waals surface area (Å²) in [5.74, 6) is 0. The van der Waals surface area contributed by atoms with E-state index in [1.165, 1.54) is 11.1 Å². The third-order valence-corrected chi connectivity index (χ3v) is 9.65. The highest BCUT2D eigenvalue weighted by Crippen LogP contribution is 2.31. The second-order valence-electron chi connectivity index (χ2n) is 13.1. The van der Waals surface area contributed by atoms with Gasteiger partial charge in [-0.05, 0) is 37.1 Å². The third-order valence-electron chi connectivity index (χ3n) is 9.36. The van der Waals surface area contributed by atoms with Gasteiger partial charge < -0.3 is 4.98 Å². The fourth-order valence-electron chi connectivity index (χ4n) is 6.47. The van der Waals surface area contributed by atoms with E-state index in [0.29, 0.717) is 27.7 Å². The van der Waals surface area contributed by atoms with Gasteiger partial charge in [-0.15, -0.1) is 0 Å². The Morgan fingerprint density at radius 3 is 1.65 bits per heavy atom. The average molecular weight is 723 g/mol. The lowest BCUT2D eigenvalue weighted by molar-refractivity contribution is 0.962. The largest absolute Gasteiger partial charge is 0.306 e. The highest BCUT2D eigenvalue weighted by molar-refractivity contribution is 6.32. The number of fused-ring (bicyclic) bond motifs is 6. The molecule has 10 rings (SSSR count). The van der Waals surface area contributed by atoms with Crippen LogP contribution >= 0.6 is 11.6 Å². The predicted octanol–water partition coefficient (Wildman–Crippen LogP) is 9.79. The summed E-state index contributed by atoms with van der Waals surface area (Å²) in [4.78, 5) is 29.4. The highest BCUT2D eigenvalue weighted by atomic mass is 35.5. The molecule has 0 bridgehead atoms. The summed E-state index contributed by atoms with van der Waals surface area (Å²) in [5.41, 5.74) is 12.2. The van der Waals surface area contributed by atoms with Crippen LogP contribution < -0.4 is 5.56 Å². The van der Waals surface area contributed by atoms with Crippen molar-refractivity contribution in [2.24, 2.45) is 0 Å². The number of pyridine rings is 2. The molecule has 0 aliphatic heterocycles. The van der Waals surface area contributed by atoms with Crippen LogP contribution in [-0.2, 0) is 0 Å². The Balaban J connectivity index is 0.000000142.